The topological polar surface area (TPSA) is 68.3 Å². The molecule has 0 saturated carbocycles. The number of aromatic nitrogens is 1. The summed E-state index contributed by atoms with van der Waals surface area (Å²) < 4.78 is 1.95. The number of hydrogen-bond acceptors (Lipinski definition) is 2. The van der Waals surface area contributed by atoms with Gasteiger partial charge in [0.1, 0.15) is 0 Å². The first-order valence-corrected chi connectivity index (χ1v) is 5.85. The zero-order valence-corrected chi connectivity index (χ0v) is 10.6. The maximum atomic E-state index is 12.0. The van der Waals surface area contributed by atoms with Crippen LogP contribution in [0, 0.1) is 0 Å². The number of hydrogen-bond donors (Lipinski definition) is 1. The summed E-state index contributed by atoms with van der Waals surface area (Å²) in [6.07, 6.45) is 3.85. The Hall–Kier alpha value is -2.56. The first-order valence-electron chi connectivity index (χ1n) is 5.85. The second-order valence-corrected chi connectivity index (χ2v) is 4.26. The Morgan fingerprint density at radius 3 is 2.26 bits per heavy atom. The molecule has 98 valence electrons. The summed E-state index contributed by atoms with van der Waals surface area (Å²) in [6, 6.07) is 11.0. The molecule has 2 N–H and O–H groups in total. The highest BCUT2D eigenvalue weighted by molar-refractivity contribution is 5.96. The number of nitrogens with zero attached hydrogens (tertiary/aromatic N) is 2. The van der Waals surface area contributed by atoms with E-state index in [1.807, 2.05) is 41.2 Å². The fraction of sp³-hybridized carbons (Fsp3) is 0.143. The Bertz CT molecular complexity index is 573. The maximum absolute atomic E-state index is 12.0. The van der Waals surface area contributed by atoms with Gasteiger partial charge in [0.05, 0.1) is 6.54 Å². The van der Waals surface area contributed by atoms with Gasteiger partial charge in [0.2, 0.25) is 5.91 Å². The fourth-order valence-corrected chi connectivity index (χ4v) is 1.81. The Kier molecular flexibility index (Phi) is 3.66. The normalized spacial score (nSPS) is 10.2. The SMILES string of the molecule is CN(CC(N)=O)C(=O)c1ccc(-n2cccc2)cc1. The van der Waals surface area contributed by atoms with Crippen LogP contribution in [0.1, 0.15) is 10.4 Å². The van der Waals surface area contributed by atoms with E-state index in [1.165, 1.54) is 4.90 Å². The quantitative estimate of drug-likeness (QED) is 0.889. The lowest BCUT2D eigenvalue weighted by atomic mass is 10.2. The summed E-state index contributed by atoms with van der Waals surface area (Å²) >= 11 is 0. The van der Waals surface area contributed by atoms with Gasteiger partial charge in [-0.2, -0.15) is 0 Å². The van der Waals surface area contributed by atoms with Gasteiger partial charge >= 0.3 is 0 Å². The smallest absolute Gasteiger partial charge is 0.254 e. The third-order valence-corrected chi connectivity index (χ3v) is 2.76. The molecule has 2 rings (SSSR count). The van der Waals surface area contributed by atoms with Crippen molar-refractivity contribution in [3.8, 4) is 5.69 Å². The van der Waals surface area contributed by atoms with Crippen molar-refractivity contribution in [3.63, 3.8) is 0 Å². The predicted octanol–water partition coefficient (Wildman–Crippen LogP) is 1.03. The zero-order valence-electron chi connectivity index (χ0n) is 10.6. The number of likely N-dealkylation sites (N-methyl/N-ethyl adjacent to an activating group) is 1. The van der Waals surface area contributed by atoms with Crippen LogP contribution in [-0.4, -0.2) is 34.9 Å². The first-order chi connectivity index (χ1) is 9.08. The van der Waals surface area contributed by atoms with E-state index in [0.29, 0.717) is 5.56 Å². The fourth-order valence-electron chi connectivity index (χ4n) is 1.81. The van der Waals surface area contributed by atoms with Crippen LogP contribution in [0.4, 0.5) is 0 Å². The molecule has 2 aromatic rings. The molecule has 0 aliphatic heterocycles. The van der Waals surface area contributed by atoms with Crippen LogP contribution in [0.2, 0.25) is 0 Å². The third kappa shape index (κ3) is 3.01. The minimum atomic E-state index is -0.528. The van der Waals surface area contributed by atoms with E-state index in [-0.39, 0.29) is 12.5 Å². The van der Waals surface area contributed by atoms with E-state index in [2.05, 4.69) is 0 Å². The van der Waals surface area contributed by atoms with Gasteiger partial charge in [0.25, 0.3) is 5.91 Å². The summed E-state index contributed by atoms with van der Waals surface area (Å²) in [5.74, 6) is -0.752. The number of benzene rings is 1. The summed E-state index contributed by atoms with van der Waals surface area (Å²) in [4.78, 5) is 24.1. The second kappa shape index (κ2) is 5.39. The van der Waals surface area contributed by atoms with E-state index >= 15 is 0 Å². The van der Waals surface area contributed by atoms with E-state index in [9.17, 15) is 9.59 Å². The van der Waals surface area contributed by atoms with Gasteiger partial charge in [0, 0.05) is 30.7 Å². The molecule has 2 amide bonds. The van der Waals surface area contributed by atoms with Crippen molar-refractivity contribution in [1.29, 1.82) is 0 Å². The number of nitrogens with two attached hydrogens (primary N) is 1. The van der Waals surface area contributed by atoms with Crippen molar-refractivity contribution in [2.75, 3.05) is 13.6 Å². The van der Waals surface area contributed by atoms with Gasteiger partial charge < -0.3 is 15.2 Å². The maximum Gasteiger partial charge on any atom is 0.254 e. The van der Waals surface area contributed by atoms with E-state index < -0.39 is 5.91 Å². The highest BCUT2D eigenvalue weighted by Gasteiger charge is 2.13. The zero-order chi connectivity index (χ0) is 13.8. The lowest BCUT2D eigenvalue weighted by Crippen LogP contribution is -2.35. The van der Waals surface area contributed by atoms with Crippen molar-refractivity contribution in [1.82, 2.24) is 9.47 Å². The summed E-state index contributed by atoms with van der Waals surface area (Å²) in [5, 5.41) is 0. The molecule has 0 spiro atoms. The molecule has 0 saturated heterocycles. The predicted molar refractivity (Wildman–Crippen MR) is 71.9 cm³/mol. The van der Waals surface area contributed by atoms with Crippen molar-refractivity contribution < 1.29 is 9.59 Å². The monoisotopic (exact) mass is 257 g/mol. The molecular formula is C14H15N3O2. The Labute approximate surface area is 111 Å². The van der Waals surface area contributed by atoms with Crippen LogP contribution in [0.3, 0.4) is 0 Å². The highest BCUT2D eigenvalue weighted by atomic mass is 16.2. The van der Waals surface area contributed by atoms with Gasteiger partial charge in [-0.25, -0.2) is 0 Å². The van der Waals surface area contributed by atoms with Crippen LogP contribution >= 0.6 is 0 Å². The van der Waals surface area contributed by atoms with Crippen LogP contribution < -0.4 is 5.73 Å². The van der Waals surface area contributed by atoms with Crippen LogP contribution in [0.5, 0.6) is 0 Å². The second-order valence-electron chi connectivity index (χ2n) is 4.26. The molecule has 1 heterocycles. The van der Waals surface area contributed by atoms with Crippen LogP contribution in [0.15, 0.2) is 48.8 Å². The Morgan fingerprint density at radius 2 is 1.74 bits per heavy atom. The number of carbonyl (C=O) groups excluding carboxylic acids is 2. The molecule has 1 aromatic heterocycles. The molecule has 0 atom stereocenters. The van der Waals surface area contributed by atoms with Crippen molar-refractivity contribution >= 4 is 11.8 Å². The number of amides is 2. The van der Waals surface area contributed by atoms with Gasteiger partial charge in [-0.3, -0.25) is 9.59 Å². The van der Waals surface area contributed by atoms with Gasteiger partial charge in [-0.1, -0.05) is 0 Å². The first kappa shape index (κ1) is 12.9. The minimum Gasteiger partial charge on any atom is -0.368 e. The molecular weight excluding hydrogens is 242 g/mol. The number of carbonyl (C=O) groups is 2. The average molecular weight is 257 g/mol. The van der Waals surface area contributed by atoms with Crippen LogP contribution in [-0.2, 0) is 4.79 Å². The molecule has 0 bridgehead atoms. The summed E-state index contributed by atoms with van der Waals surface area (Å²) in [6.45, 7) is -0.0851. The van der Waals surface area contributed by atoms with Gasteiger partial charge in [-0.05, 0) is 36.4 Å². The minimum absolute atomic E-state index is 0.0851. The lowest BCUT2D eigenvalue weighted by Gasteiger charge is -2.15. The third-order valence-electron chi connectivity index (χ3n) is 2.76. The molecule has 0 aliphatic rings. The summed E-state index contributed by atoms with van der Waals surface area (Å²) in [7, 11) is 1.55. The number of primary amides is 1. The van der Waals surface area contributed by atoms with Crippen molar-refractivity contribution in [2.24, 2.45) is 5.73 Å². The summed E-state index contributed by atoms with van der Waals surface area (Å²) in [5.41, 5.74) is 6.56. The molecule has 0 aliphatic carbocycles. The largest absolute Gasteiger partial charge is 0.368 e. The molecule has 5 nitrogen and oxygen atoms in total. The van der Waals surface area contributed by atoms with Gasteiger partial charge in [-0.15, -0.1) is 0 Å². The molecule has 0 radical (unpaired) electrons. The van der Waals surface area contributed by atoms with Crippen molar-refractivity contribution in [2.45, 2.75) is 0 Å². The molecule has 0 fully saturated rings. The lowest BCUT2D eigenvalue weighted by molar-refractivity contribution is -0.118. The molecule has 1 aromatic carbocycles. The molecule has 19 heavy (non-hydrogen) atoms. The molecule has 5 heteroatoms. The van der Waals surface area contributed by atoms with Crippen molar-refractivity contribution in [3.05, 3.63) is 54.4 Å². The van der Waals surface area contributed by atoms with E-state index in [4.69, 9.17) is 5.73 Å². The van der Waals surface area contributed by atoms with Crippen LogP contribution in [0.25, 0.3) is 5.69 Å². The Balaban J connectivity index is 2.14. The number of rotatable bonds is 4. The molecule has 0 unspecified atom stereocenters. The van der Waals surface area contributed by atoms with E-state index in [0.717, 1.165) is 5.69 Å². The highest BCUT2D eigenvalue weighted by Crippen LogP contribution is 2.11. The average Bonchev–Trinajstić information content (AvgIpc) is 2.91. The standard InChI is InChI=1S/C14H15N3O2/c1-16(10-13(15)18)14(19)11-4-6-12(7-5-11)17-8-2-3-9-17/h2-9H,10H2,1H3,(H2,15,18). The van der Waals surface area contributed by atoms with Gasteiger partial charge in [0.15, 0.2) is 0 Å². The van der Waals surface area contributed by atoms with E-state index in [1.54, 1.807) is 19.2 Å². The Morgan fingerprint density at radius 1 is 1.16 bits per heavy atom.